The van der Waals surface area contributed by atoms with Gasteiger partial charge in [0.1, 0.15) is 0 Å². The van der Waals surface area contributed by atoms with E-state index in [4.69, 9.17) is 5.11 Å². The molecule has 56 valence electrons. The lowest BCUT2D eigenvalue weighted by Crippen LogP contribution is -2.09. The Morgan fingerprint density at radius 1 is 1.40 bits per heavy atom. The molecule has 0 bridgehead atoms. The maximum Gasteiger partial charge on any atom is 0.547 e. The minimum atomic E-state index is -1.67. The standard InChI is InChI=1S/C5H6O5/c1-3(2)4(6)9-10-5(7)8/h1H2,2H3,(H,7,8). The van der Waals surface area contributed by atoms with Crippen LogP contribution in [-0.2, 0) is 14.6 Å². The molecule has 10 heavy (non-hydrogen) atoms. The molecule has 0 fully saturated rings. The predicted octanol–water partition coefficient (Wildman–Crippen LogP) is 0.715. The molecule has 5 heteroatoms. The van der Waals surface area contributed by atoms with Gasteiger partial charge in [-0.2, -0.15) is 0 Å². The first kappa shape index (κ1) is 8.48. The molecule has 1 N–H and O–H groups in total. The maximum absolute atomic E-state index is 10.3. The van der Waals surface area contributed by atoms with E-state index >= 15 is 0 Å². The summed E-state index contributed by atoms with van der Waals surface area (Å²) in [7, 11) is 0. The molecule has 0 saturated heterocycles. The zero-order chi connectivity index (χ0) is 8.15. The van der Waals surface area contributed by atoms with Crippen LogP contribution in [0.15, 0.2) is 12.2 Å². The number of carbonyl (C=O) groups excluding carboxylic acids is 1. The van der Waals surface area contributed by atoms with E-state index in [0.29, 0.717) is 0 Å². The van der Waals surface area contributed by atoms with Crippen molar-refractivity contribution in [3.05, 3.63) is 12.2 Å². The predicted molar refractivity (Wildman–Crippen MR) is 30.0 cm³/mol. The summed E-state index contributed by atoms with van der Waals surface area (Å²) in [5.74, 6) is -0.901. The third-order valence-electron chi connectivity index (χ3n) is 0.537. The van der Waals surface area contributed by atoms with Crippen molar-refractivity contribution in [3.8, 4) is 0 Å². The Labute approximate surface area is 56.8 Å². The molecular formula is C5H6O5. The molecule has 0 rings (SSSR count). The second kappa shape index (κ2) is 3.49. The largest absolute Gasteiger partial charge is 0.547 e. The summed E-state index contributed by atoms with van der Waals surface area (Å²) < 4.78 is 0. The number of carbonyl (C=O) groups is 2. The van der Waals surface area contributed by atoms with Crippen LogP contribution in [0.1, 0.15) is 6.92 Å². The molecule has 0 aromatic carbocycles. The summed E-state index contributed by atoms with van der Waals surface area (Å²) >= 11 is 0. The first-order valence-corrected chi connectivity index (χ1v) is 2.31. The highest BCUT2D eigenvalue weighted by molar-refractivity contribution is 5.86. The van der Waals surface area contributed by atoms with Crippen molar-refractivity contribution >= 4 is 12.1 Å². The van der Waals surface area contributed by atoms with Crippen LogP contribution in [-0.4, -0.2) is 17.2 Å². The summed E-state index contributed by atoms with van der Waals surface area (Å²) in [6.07, 6.45) is -1.67. The summed E-state index contributed by atoms with van der Waals surface area (Å²) in [4.78, 5) is 27.1. The zero-order valence-electron chi connectivity index (χ0n) is 5.29. The van der Waals surface area contributed by atoms with Crippen molar-refractivity contribution in [2.45, 2.75) is 6.92 Å². The van der Waals surface area contributed by atoms with E-state index in [1.807, 2.05) is 0 Å². The molecule has 0 unspecified atom stereocenters. The Kier molecular flexibility index (Phi) is 2.96. The monoisotopic (exact) mass is 146 g/mol. The summed E-state index contributed by atoms with van der Waals surface area (Å²) in [5.41, 5.74) is 0.0706. The van der Waals surface area contributed by atoms with Gasteiger partial charge in [-0.15, -0.1) is 0 Å². The van der Waals surface area contributed by atoms with E-state index < -0.39 is 12.1 Å². The molecule has 0 aliphatic rings. The fourth-order valence-electron chi connectivity index (χ4n) is 0.145. The Bertz CT molecular complexity index is 171. The van der Waals surface area contributed by atoms with Crippen molar-refractivity contribution in [2.24, 2.45) is 0 Å². The van der Waals surface area contributed by atoms with Gasteiger partial charge in [0.15, 0.2) is 0 Å². The number of hydrogen-bond acceptors (Lipinski definition) is 4. The molecule has 0 saturated carbocycles. The fraction of sp³-hybridized carbons (Fsp3) is 0.200. The number of carboxylic acid groups (broad SMARTS) is 1. The number of hydrogen-bond donors (Lipinski definition) is 1. The van der Waals surface area contributed by atoms with Gasteiger partial charge in [-0.05, 0) is 6.92 Å². The van der Waals surface area contributed by atoms with Crippen LogP contribution in [0.3, 0.4) is 0 Å². The lowest BCUT2D eigenvalue weighted by Gasteiger charge is -1.96. The van der Waals surface area contributed by atoms with Gasteiger partial charge < -0.3 is 5.11 Å². The summed E-state index contributed by atoms with van der Waals surface area (Å²) in [6.45, 7) is 4.55. The average molecular weight is 146 g/mol. The van der Waals surface area contributed by atoms with Gasteiger partial charge in [-0.3, -0.25) is 0 Å². The fourth-order valence-corrected chi connectivity index (χ4v) is 0.145. The first-order valence-electron chi connectivity index (χ1n) is 2.31. The average Bonchev–Trinajstić information content (AvgIpc) is 1.82. The molecule has 0 spiro atoms. The minimum Gasteiger partial charge on any atom is -0.447 e. The summed E-state index contributed by atoms with van der Waals surface area (Å²) in [6, 6.07) is 0. The van der Waals surface area contributed by atoms with Crippen LogP contribution in [0.5, 0.6) is 0 Å². The van der Waals surface area contributed by atoms with Crippen molar-refractivity contribution < 1.29 is 24.5 Å². The van der Waals surface area contributed by atoms with E-state index in [2.05, 4.69) is 16.4 Å². The molecule has 5 nitrogen and oxygen atoms in total. The Morgan fingerprint density at radius 3 is 2.20 bits per heavy atom. The van der Waals surface area contributed by atoms with E-state index in [1.165, 1.54) is 6.92 Å². The highest BCUT2D eigenvalue weighted by atomic mass is 17.2. The van der Waals surface area contributed by atoms with Gasteiger partial charge in [0.2, 0.25) is 0 Å². The Hall–Kier alpha value is -1.52. The molecular weight excluding hydrogens is 140 g/mol. The normalized spacial score (nSPS) is 8.10. The lowest BCUT2D eigenvalue weighted by molar-refractivity contribution is -0.236. The molecule has 0 radical (unpaired) electrons. The van der Waals surface area contributed by atoms with E-state index in [-0.39, 0.29) is 5.57 Å². The van der Waals surface area contributed by atoms with E-state index in [9.17, 15) is 9.59 Å². The third-order valence-corrected chi connectivity index (χ3v) is 0.537. The van der Waals surface area contributed by atoms with Crippen LogP contribution in [0.25, 0.3) is 0 Å². The van der Waals surface area contributed by atoms with Crippen LogP contribution in [0, 0.1) is 0 Å². The molecule has 0 aliphatic carbocycles. The quantitative estimate of drug-likeness (QED) is 0.335. The lowest BCUT2D eigenvalue weighted by atomic mass is 10.4. The number of rotatable bonds is 1. The Balaban J connectivity index is 3.60. The van der Waals surface area contributed by atoms with Crippen molar-refractivity contribution in [1.29, 1.82) is 0 Å². The second-order valence-corrected chi connectivity index (χ2v) is 1.50. The molecule has 0 aromatic rings. The van der Waals surface area contributed by atoms with Crippen molar-refractivity contribution in [1.82, 2.24) is 0 Å². The summed E-state index contributed by atoms with van der Waals surface area (Å²) in [5, 5.41) is 7.82. The highest BCUT2D eigenvalue weighted by Gasteiger charge is 2.06. The van der Waals surface area contributed by atoms with Crippen LogP contribution in [0.4, 0.5) is 4.79 Å². The van der Waals surface area contributed by atoms with E-state index in [0.717, 1.165) is 0 Å². The first-order chi connectivity index (χ1) is 4.54. The third kappa shape index (κ3) is 3.48. The molecule has 0 amide bonds. The van der Waals surface area contributed by atoms with Gasteiger partial charge in [-0.1, -0.05) is 6.58 Å². The topological polar surface area (TPSA) is 72.8 Å². The molecule has 0 aromatic heterocycles. The molecule has 0 heterocycles. The SMILES string of the molecule is C=C(C)C(=O)OOC(=O)O. The van der Waals surface area contributed by atoms with Crippen molar-refractivity contribution in [3.63, 3.8) is 0 Å². The van der Waals surface area contributed by atoms with Gasteiger partial charge in [0.05, 0.1) is 0 Å². The van der Waals surface area contributed by atoms with Gasteiger partial charge >= 0.3 is 12.1 Å². The van der Waals surface area contributed by atoms with Crippen LogP contribution in [0.2, 0.25) is 0 Å². The molecule has 0 atom stereocenters. The smallest absolute Gasteiger partial charge is 0.447 e. The van der Waals surface area contributed by atoms with Crippen LogP contribution >= 0.6 is 0 Å². The molecule has 0 aliphatic heterocycles. The highest BCUT2D eigenvalue weighted by Crippen LogP contribution is 1.92. The van der Waals surface area contributed by atoms with Crippen LogP contribution < -0.4 is 0 Å². The van der Waals surface area contributed by atoms with Crippen molar-refractivity contribution in [2.75, 3.05) is 0 Å². The van der Waals surface area contributed by atoms with E-state index in [1.54, 1.807) is 0 Å². The van der Waals surface area contributed by atoms with Gasteiger partial charge in [-0.25, -0.2) is 19.4 Å². The Morgan fingerprint density at radius 2 is 1.90 bits per heavy atom. The maximum atomic E-state index is 10.3. The van der Waals surface area contributed by atoms with Gasteiger partial charge in [0.25, 0.3) is 0 Å². The van der Waals surface area contributed by atoms with Gasteiger partial charge in [0, 0.05) is 5.57 Å². The second-order valence-electron chi connectivity index (χ2n) is 1.50. The minimum absolute atomic E-state index is 0.0706. The zero-order valence-corrected chi connectivity index (χ0v) is 5.29.